The molecule has 0 radical (unpaired) electrons. The number of nitrogens with zero attached hydrogens (tertiary/aromatic N) is 2. The fourth-order valence-corrected chi connectivity index (χ4v) is 2.22. The van der Waals surface area contributed by atoms with E-state index in [1.54, 1.807) is 18.2 Å². The van der Waals surface area contributed by atoms with Crippen LogP contribution in [0.15, 0.2) is 35.1 Å². The standard InChI is InChI=1S/C13H9ClN2O2/c1-7-4-8(14)5-10(17)12(7)9-2-3-11-13(16-9)15-6-18-11/h2-6,17H,1H3. The van der Waals surface area contributed by atoms with Gasteiger partial charge in [-0.05, 0) is 36.8 Å². The van der Waals surface area contributed by atoms with Crippen molar-refractivity contribution in [1.82, 2.24) is 9.97 Å². The molecule has 0 aliphatic rings. The molecule has 3 rings (SSSR count). The fourth-order valence-electron chi connectivity index (χ4n) is 1.95. The molecule has 0 saturated heterocycles. The van der Waals surface area contributed by atoms with Crippen LogP contribution in [0.25, 0.3) is 22.5 Å². The molecule has 0 aliphatic carbocycles. The lowest BCUT2D eigenvalue weighted by Crippen LogP contribution is -1.89. The molecule has 18 heavy (non-hydrogen) atoms. The molecule has 90 valence electrons. The first-order valence-corrected chi connectivity index (χ1v) is 5.72. The maximum Gasteiger partial charge on any atom is 0.199 e. The van der Waals surface area contributed by atoms with E-state index in [0.717, 1.165) is 5.56 Å². The van der Waals surface area contributed by atoms with Crippen molar-refractivity contribution in [3.63, 3.8) is 0 Å². The zero-order valence-electron chi connectivity index (χ0n) is 9.51. The summed E-state index contributed by atoms with van der Waals surface area (Å²) >= 11 is 5.88. The van der Waals surface area contributed by atoms with Crippen molar-refractivity contribution in [1.29, 1.82) is 0 Å². The first-order valence-electron chi connectivity index (χ1n) is 5.35. The Hall–Kier alpha value is -2.07. The van der Waals surface area contributed by atoms with Gasteiger partial charge in [-0.2, -0.15) is 4.98 Å². The Morgan fingerprint density at radius 3 is 2.89 bits per heavy atom. The van der Waals surface area contributed by atoms with E-state index in [-0.39, 0.29) is 5.75 Å². The Labute approximate surface area is 108 Å². The summed E-state index contributed by atoms with van der Waals surface area (Å²) in [5, 5.41) is 10.5. The minimum absolute atomic E-state index is 0.107. The highest BCUT2D eigenvalue weighted by Crippen LogP contribution is 2.34. The number of rotatable bonds is 1. The summed E-state index contributed by atoms with van der Waals surface area (Å²) in [7, 11) is 0. The Kier molecular flexibility index (Phi) is 2.45. The summed E-state index contributed by atoms with van der Waals surface area (Å²) in [5.74, 6) is 0.107. The Morgan fingerprint density at radius 1 is 1.28 bits per heavy atom. The van der Waals surface area contributed by atoms with Crippen LogP contribution in [-0.2, 0) is 0 Å². The molecule has 0 spiro atoms. The van der Waals surface area contributed by atoms with Crippen molar-refractivity contribution in [3.05, 3.63) is 41.2 Å². The molecule has 0 bridgehead atoms. The lowest BCUT2D eigenvalue weighted by molar-refractivity contribution is 0.477. The van der Waals surface area contributed by atoms with Crippen LogP contribution in [0.2, 0.25) is 5.02 Å². The van der Waals surface area contributed by atoms with Gasteiger partial charge in [-0.3, -0.25) is 0 Å². The monoisotopic (exact) mass is 260 g/mol. The van der Waals surface area contributed by atoms with Gasteiger partial charge in [-0.25, -0.2) is 4.98 Å². The van der Waals surface area contributed by atoms with Gasteiger partial charge in [0.05, 0.1) is 5.69 Å². The number of oxazole rings is 1. The maximum atomic E-state index is 9.98. The number of aromatic nitrogens is 2. The van der Waals surface area contributed by atoms with E-state index in [9.17, 15) is 5.11 Å². The molecule has 4 nitrogen and oxygen atoms in total. The lowest BCUT2D eigenvalue weighted by atomic mass is 10.0. The molecule has 2 heterocycles. The normalized spacial score (nSPS) is 11.0. The van der Waals surface area contributed by atoms with Crippen LogP contribution in [0.1, 0.15) is 5.56 Å². The number of hydrogen-bond donors (Lipinski definition) is 1. The summed E-state index contributed by atoms with van der Waals surface area (Å²) in [6.45, 7) is 1.87. The molecular formula is C13H9ClN2O2. The van der Waals surface area contributed by atoms with Gasteiger partial charge >= 0.3 is 0 Å². The third-order valence-electron chi connectivity index (χ3n) is 2.73. The summed E-state index contributed by atoms with van der Waals surface area (Å²) in [4.78, 5) is 8.35. The zero-order valence-corrected chi connectivity index (χ0v) is 10.3. The molecule has 1 aromatic carbocycles. The number of halogens is 1. The second-order valence-corrected chi connectivity index (χ2v) is 4.42. The predicted molar refractivity (Wildman–Crippen MR) is 68.7 cm³/mol. The van der Waals surface area contributed by atoms with Crippen molar-refractivity contribution in [3.8, 4) is 17.0 Å². The van der Waals surface area contributed by atoms with Crippen LogP contribution in [0.4, 0.5) is 0 Å². The minimum Gasteiger partial charge on any atom is -0.507 e. The lowest BCUT2D eigenvalue weighted by Gasteiger charge is -2.08. The van der Waals surface area contributed by atoms with Crippen LogP contribution in [0.3, 0.4) is 0 Å². The highest BCUT2D eigenvalue weighted by Gasteiger charge is 2.12. The summed E-state index contributed by atoms with van der Waals surface area (Å²) in [5.41, 5.74) is 3.29. The number of phenols is 1. The average molecular weight is 261 g/mol. The highest BCUT2D eigenvalue weighted by atomic mass is 35.5. The van der Waals surface area contributed by atoms with Gasteiger partial charge < -0.3 is 9.52 Å². The summed E-state index contributed by atoms with van der Waals surface area (Å²) in [6.07, 6.45) is 1.34. The zero-order chi connectivity index (χ0) is 12.7. The first kappa shape index (κ1) is 11.0. The quantitative estimate of drug-likeness (QED) is 0.727. The Balaban J connectivity index is 2.25. The van der Waals surface area contributed by atoms with Crippen molar-refractivity contribution in [2.45, 2.75) is 6.92 Å². The van der Waals surface area contributed by atoms with Gasteiger partial charge in [0.2, 0.25) is 0 Å². The molecule has 5 heteroatoms. The van der Waals surface area contributed by atoms with Crippen LogP contribution < -0.4 is 0 Å². The van der Waals surface area contributed by atoms with E-state index in [1.807, 2.05) is 6.92 Å². The number of hydrogen-bond acceptors (Lipinski definition) is 4. The fraction of sp³-hybridized carbons (Fsp3) is 0.0769. The molecule has 3 aromatic rings. The van der Waals surface area contributed by atoms with E-state index in [0.29, 0.717) is 27.5 Å². The van der Waals surface area contributed by atoms with Gasteiger partial charge in [-0.15, -0.1) is 0 Å². The first-order chi connectivity index (χ1) is 8.65. The average Bonchev–Trinajstić information content (AvgIpc) is 2.74. The van der Waals surface area contributed by atoms with Crippen LogP contribution in [-0.4, -0.2) is 15.1 Å². The van der Waals surface area contributed by atoms with Crippen molar-refractivity contribution in [2.75, 3.05) is 0 Å². The second kappa shape index (κ2) is 3.99. The number of phenolic OH excluding ortho intramolecular Hbond substituents is 1. The summed E-state index contributed by atoms with van der Waals surface area (Å²) in [6, 6.07) is 6.84. The number of pyridine rings is 1. The van der Waals surface area contributed by atoms with Crippen molar-refractivity contribution < 1.29 is 9.52 Å². The van der Waals surface area contributed by atoms with Crippen LogP contribution >= 0.6 is 11.6 Å². The predicted octanol–water partition coefficient (Wildman–Crippen LogP) is 3.56. The van der Waals surface area contributed by atoms with Crippen molar-refractivity contribution >= 4 is 22.8 Å². The van der Waals surface area contributed by atoms with E-state index < -0.39 is 0 Å². The van der Waals surface area contributed by atoms with E-state index >= 15 is 0 Å². The highest BCUT2D eigenvalue weighted by molar-refractivity contribution is 6.31. The van der Waals surface area contributed by atoms with Crippen LogP contribution in [0, 0.1) is 6.92 Å². The van der Waals surface area contributed by atoms with Crippen LogP contribution in [0.5, 0.6) is 5.75 Å². The molecule has 0 aliphatic heterocycles. The van der Waals surface area contributed by atoms with Gasteiger partial charge in [0, 0.05) is 10.6 Å². The molecule has 0 fully saturated rings. The third kappa shape index (κ3) is 1.71. The van der Waals surface area contributed by atoms with Gasteiger partial charge in [0.25, 0.3) is 0 Å². The second-order valence-electron chi connectivity index (χ2n) is 3.99. The number of benzene rings is 1. The topological polar surface area (TPSA) is 59.2 Å². The van der Waals surface area contributed by atoms with Gasteiger partial charge in [-0.1, -0.05) is 11.6 Å². The minimum atomic E-state index is 0.107. The molecular weight excluding hydrogens is 252 g/mol. The van der Waals surface area contributed by atoms with Gasteiger partial charge in [0.15, 0.2) is 17.6 Å². The maximum absolute atomic E-state index is 9.98. The van der Waals surface area contributed by atoms with E-state index in [1.165, 1.54) is 12.5 Å². The SMILES string of the molecule is Cc1cc(Cl)cc(O)c1-c1ccc2ocnc2n1. The van der Waals surface area contributed by atoms with Crippen molar-refractivity contribution in [2.24, 2.45) is 0 Å². The molecule has 0 atom stereocenters. The van der Waals surface area contributed by atoms with Gasteiger partial charge in [0.1, 0.15) is 5.75 Å². The number of aromatic hydroxyl groups is 1. The number of fused-ring (bicyclic) bond motifs is 1. The Bertz CT molecular complexity index is 714. The molecule has 1 N–H and O–H groups in total. The smallest absolute Gasteiger partial charge is 0.199 e. The molecule has 0 saturated carbocycles. The molecule has 0 amide bonds. The van der Waals surface area contributed by atoms with E-state index in [2.05, 4.69) is 9.97 Å². The Morgan fingerprint density at radius 2 is 2.11 bits per heavy atom. The molecule has 2 aromatic heterocycles. The van der Waals surface area contributed by atoms with E-state index in [4.69, 9.17) is 16.0 Å². The number of aryl methyl sites for hydroxylation is 1. The largest absolute Gasteiger partial charge is 0.507 e. The molecule has 0 unspecified atom stereocenters. The third-order valence-corrected chi connectivity index (χ3v) is 2.95. The summed E-state index contributed by atoms with van der Waals surface area (Å²) < 4.78 is 5.13.